The van der Waals surface area contributed by atoms with E-state index in [0.717, 1.165) is 0 Å². The first-order chi connectivity index (χ1) is 13.3. The van der Waals surface area contributed by atoms with Gasteiger partial charge in [0.1, 0.15) is 12.6 Å². The van der Waals surface area contributed by atoms with Gasteiger partial charge in [0.25, 0.3) is 5.91 Å². The summed E-state index contributed by atoms with van der Waals surface area (Å²) in [6.45, 7) is -0.301. The summed E-state index contributed by atoms with van der Waals surface area (Å²) < 4.78 is 25.2. The van der Waals surface area contributed by atoms with Crippen molar-refractivity contribution in [3.63, 3.8) is 0 Å². The zero-order chi connectivity index (χ0) is 20.6. The number of hydrogen-bond donors (Lipinski definition) is 2. The van der Waals surface area contributed by atoms with Gasteiger partial charge in [0.2, 0.25) is 5.91 Å². The molecule has 2 amide bonds. The van der Waals surface area contributed by atoms with Crippen molar-refractivity contribution in [2.75, 3.05) is 12.3 Å². The summed E-state index contributed by atoms with van der Waals surface area (Å²) >= 11 is 5.88. The van der Waals surface area contributed by atoms with Gasteiger partial charge in [0.05, 0.1) is 17.6 Å². The third kappa shape index (κ3) is 6.68. The Hall–Kier alpha value is -2.89. The standard InChI is InChI=1S/C19H18ClN3O4S/c20-16-8-4-5-14(11-16)12-28(26,27)13-17(19(25)22-10-9-21)23-18(24)15-6-2-1-3-7-15/h1-8,11,17H,10,12-13H2,(H,22,25)(H,23,24)/t17-/m0/s1. The van der Waals surface area contributed by atoms with Crippen LogP contribution in [-0.4, -0.2) is 38.6 Å². The molecule has 0 saturated heterocycles. The Labute approximate surface area is 168 Å². The minimum absolute atomic E-state index is 0.285. The SMILES string of the molecule is N#CCNC(=O)[C@H](CS(=O)(=O)Cc1cccc(Cl)c1)NC(=O)c1ccccc1. The minimum atomic E-state index is -3.77. The number of carbonyl (C=O) groups excluding carboxylic acids is 2. The van der Waals surface area contributed by atoms with Gasteiger partial charge >= 0.3 is 0 Å². The first-order valence-electron chi connectivity index (χ1n) is 8.26. The zero-order valence-electron chi connectivity index (χ0n) is 14.8. The van der Waals surface area contributed by atoms with Crippen molar-refractivity contribution in [1.82, 2.24) is 10.6 Å². The number of benzene rings is 2. The predicted octanol–water partition coefficient (Wildman–Crippen LogP) is 1.69. The number of halogens is 1. The van der Waals surface area contributed by atoms with E-state index in [0.29, 0.717) is 10.6 Å². The highest BCUT2D eigenvalue weighted by molar-refractivity contribution is 7.90. The molecule has 2 N–H and O–H groups in total. The molecule has 7 nitrogen and oxygen atoms in total. The third-order valence-electron chi connectivity index (χ3n) is 3.70. The second-order valence-corrected chi connectivity index (χ2v) is 8.50. The Morgan fingerprint density at radius 3 is 2.46 bits per heavy atom. The van der Waals surface area contributed by atoms with Crippen molar-refractivity contribution >= 4 is 33.3 Å². The lowest BCUT2D eigenvalue weighted by atomic mass is 10.2. The van der Waals surface area contributed by atoms with Gasteiger partial charge in [-0.2, -0.15) is 5.26 Å². The van der Waals surface area contributed by atoms with Crippen LogP contribution in [0.2, 0.25) is 5.02 Å². The van der Waals surface area contributed by atoms with E-state index in [2.05, 4.69) is 10.6 Å². The molecule has 0 spiro atoms. The molecule has 0 aliphatic rings. The molecule has 0 bridgehead atoms. The molecule has 9 heteroatoms. The molecule has 2 rings (SSSR count). The second kappa shape index (κ2) is 9.88. The van der Waals surface area contributed by atoms with Gasteiger partial charge in [-0.3, -0.25) is 9.59 Å². The van der Waals surface area contributed by atoms with E-state index in [9.17, 15) is 18.0 Å². The maximum Gasteiger partial charge on any atom is 0.251 e. The van der Waals surface area contributed by atoms with E-state index < -0.39 is 33.4 Å². The van der Waals surface area contributed by atoms with Crippen LogP contribution in [0.15, 0.2) is 54.6 Å². The van der Waals surface area contributed by atoms with Crippen LogP contribution in [0.1, 0.15) is 15.9 Å². The van der Waals surface area contributed by atoms with Crippen LogP contribution in [-0.2, 0) is 20.4 Å². The number of nitrogens with zero attached hydrogens (tertiary/aromatic N) is 1. The largest absolute Gasteiger partial charge is 0.341 e. The van der Waals surface area contributed by atoms with Gasteiger partial charge in [0, 0.05) is 10.6 Å². The molecule has 0 aromatic heterocycles. The van der Waals surface area contributed by atoms with E-state index in [1.54, 1.807) is 54.6 Å². The molecule has 0 saturated carbocycles. The molecule has 1 atom stereocenters. The van der Waals surface area contributed by atoms with Gasteiger partial charge in [-0.25, -0.2) is 8.42 Å². The summed E-state index contributed by atoms with van der Waals surface area (Å²) in [5.74, 6) is -2.29. The lowest BCUT2D eigenvalue weighted by molar-refractivity contribution is -0.122. The number of nitriles is 1. The highest BCUT2D eigenvalue weighted by atomic mass is 35.5. The number of sulfone groups is 1. The smallest absolute Gasteiger partial charge is 0.251 e. The zero-order valence-corrected chi connectivity index (χ0v) is 16.3. The van der Waals surface area contributed by atoms with Crippen LogP contribution in [0.25, 0.3) is 0 Å². The molecule has 0 aliphatic heterocycles. The Kier molecular flexibility index (Phi) is 7.55. The Morgan fingerprint density at radius 2 is 1.82 bits per heavy atom. The Bertz CT molecular complexity index is 988. The summed E-state index contributed by atoms with van der Waals surface area (Å²) in [4.78, 5) is 24.6. The molecule has 0 aliphatic carbocycles. The maximum absolute atomic E-state index is 12.6. The summed E-state index contributed by atoms with van der Waals surface area (Å²) in [6.07, 6.45) is 0. The van der Waals surface area contributed by atoms with Crippen LogP contribution >= 0.6 is 11.6 Å². The highest BCUT2D eigenvalue weighted by Crippen LogP contribution is 2.14. The molecule has 0 radical (unpaired) electrons. The molecular formula is C19H18ClN3O4S. The molecule has 0 heterocycles. The number of hydrogen-bond acceptors (Lipinski definition) is 5. The van der Waals surface area contributed by atoms with E-state index >= 15 is 0 Å². The van der Waals surface area contributed by atoms with Crippen LogP contribution in [0.5, 0.6) is 0 Å². The van der Waals surface area contributed by atoms with Crippen LogP contribution < -0.4 is 10.6 Å². The van der Waals surface area contributed by atoms with Crippen molar-refractivity contribution < 1.29 is 18.0 Å². The summed E-state index contributed by atoms with van der Waals surface area (Å²) in [7, 11) is -3.77. The molecule has 2 aromatic carbocycles. The normalized spacial score (nSPS) is 11.9. The molecular weight excluding hydrogens is 402 g/mol. The average molecular weight is 420 g/mol. The number of carbonyl (C=O) groups is 2. The highest BCUT2D eigenvalue weighted by Gasteiger charge is 2.27. The van der Waals surface area contributed by atoms with Gasteiger partial charge in [-0.05, 0) is 29.8 Å². The van der Waals surface area contributed by atoms with Gasteiger partial charge in [-0.15, -0.1) is 0 Å². The van der Waals surface area contributed by atoms with E-state index in [4.69, 9.17) is 16.9 Å². The van der Waals surface area contributed by atoms with Gasteiger partial charge in [0.15, 0.2) is 9.84 Å². The molecule has 0 fully saturated rings. The summed E-state index contributed by atoms with van der Waals surface area (Å²) in [6, 6.07) is 14.9. The quantitative estimate of drug-likeness (QED) is 0.631. The fourth-order valence-electron chi connectivity index (χ4n) is 2.46. The van der Waals surface area contributed by atoms with Crippen LogP contribution in [0.3, 0.4) is 0 Å². The second-order valence-electron chi connectivity index (χ2n) is 5.95. The lowest BCUT2D eigenvalue weighted by Crippen LogP contribution is -2.50. The maximum atomic E-state index is 12.6. The van der Waals surface area contributed by atoms with Crippen LogP contribution in [0.4, 0.5) is 0 Å². The Balaban J connectivity index is 2.17. The average Bonchev–Trinajstić information content (AvgIpc) is 2.65. The first-order valence-corrected chi connectivity index (χ1v) is 10.5. The van der Waals surface area contributed by atoms with Crippen molar-refractivity contribution in [3.05, 3.63) is 70.7 Å². The molecule has 0 unspecified atom stereocenters. The van der Waals surface area contributed by atoms with Crippen molar-refractivity contribution in [1.29, 1.82) is 5.26 Å². The fraction of sp³-hybridized carbons (Fsp3) is 0.211. The van der Waals surface area contributed by atoms with E-state index in [1.165, 1.54) is 6.07 Å². The molecule has 146 valence electrons. The predicted molar refractivity (Wildman–Crippen MR) is 105 cm³/mol. The number of nitrogens with one attached hydrogen (secondary N) is 2. The van der Waals surface area contributed by atoms with Gasteiger partial charge < -0.3 is 10.6 Å². The summed E-state index contributed by atoms with van der Waals surface area (Å²) in [5, 5.41) is 13.7. The summed E-state index contributed by atoms with van der Waals surface area (Å²) in [5.41, 5.74) is 0.755. The lowest BCUT2D eigenvalue weighted by Gasteiger charge is -2.18. The fourth-order valence-corrected chi connectivity index (χ4v) is 4.22. The van der Waals surface area contributed by atoms with Gasteiger partial charge in [-0.1, -0.05) is 41.9 Å². The van der Waals surface area contributed by atoms with E-state index in [-0.39, 0.29) is 17.9 Å². The monoisotopic (exact) mass is 419 g/mol. The topological polar surface area (TPSA) is 116 Å². The molecule has 28 heavy (non-hydrogen) atoms. The van der Waals surface area contributed by atoms with Crippen molar-refractivity contribution in [2.24, 2.45) is 0 Å². The third-order valence-corrected chi connectivity index (χ3v) is 5.55. The van der Waals surface area contributed by atoms with E-state index in [1.807, 2.05) is 0 Å². The number of amides is 2. The number of rotatable bonds is 8. The molecule has 2 aromatic rings. The Morgan fingerprint density at radius 1 is 1.11 bits per heavy atom. The van der Waals surface area contributed by atoms with Crippen molar-refractivity contribution in [3.8, 4) is 6.07 Å². The van der Waals surface area contributed by atoms with Crippen LogP contribution in [0, 0.1) is 11.3 Å². The minimum Gasteiger partial charge on any atom is -0.341 e. The van der Waals surface area contributed by atoms with Crippen molar-refractivity contribution in [2.45, 2.75) is 11.8 Å². The first kappa shape index (κ1) is 21.4.